The van der Waals surface area contributed by atoms with E-state index in [1.165, 1.54) is 0 Å². The predicted octanol–water partition coefficient (Wildman–Crippen LogP) is 4.10. The molecule has 21 heavy (non-hydrogen) atoms. The van der Waals surface area contributed by atoms with Crippen LogP contribution in [0.5, 0.6) is 5.75 Å². The van der Waals surface area contributed by atoms with E-state index in [1.807, 2.05) is 0 Å². The lowest BCUT2D eigenvalue weighted by Gasteiger charge is -2.31. The van der Waals surface area contributed by atoms with Crippen LogP contribution in [-0.4, -0.2) is 14.5 Å². The third kappa shape index (κ3) is 3.86. The van der Waals surface area contributed by atoms with E-state index in [0.29, 0.717) is 11.8 Å². The monoisotopic (exact) mass is 338 g/mol. The van der Waals surface area contributed by atoms with Crippen molar-refractivity contribution in [2.75, 3.05) is 0 Å². The summed E-state index contributed by atoms with van der Waals surface area (Å²) in [5.41, 5.74) is 0. The fourth-order valence-corrected chi connectivity index (χ4v) is 3.83. The van der Waals surface area contributed by atoms with Crippen molar-refractivity contribution in [2.24, 2.45) is 11.8 Å². The number of hydrogen-bond donors (Lipinski definition) is 0. The summed E-state index contributed by atoms with van der Waals surface area (Å²) in [6.45, 7) is 4.18. The molecule has 1 fully saturated rings. The molecule has 0 bridgehead atoms. The molecule has 2 rings (SSSR count). The molecule has 0 heterocycles. The lowest BCUT2D eigenvalue weighted by atomic mass is 9.82. The minimum atomic E-state index is -4.32. The Morgan fingerprint density at radius 3 is 2.19 bits per heavy atom. The summed E-state index contributed by atoms with van der Waals surface area (Å²) in [5.74, 6) is -2.19. The zero-order chi connectivity index (χ0) is 15.8. The van der Waals surface area contributed by atoms with Gasteiger partial charge in [-0.3, -0.25) is 0 Å². The van der Waals surface area contributed by atoms with Gasteiger partial charge in [-0.2, -0.15) is 4.39 Å². The van der Waals surface area contributed by atoms with Gasteiger partial charge in [0.2, 0.25) is 5.82 Å². The predicted molar refractivity (Wildman–Crippen MR) is 76.0 cm³/mol. The van der Waals surface area contributed by atoms with Crippen LogP contribution in [0.25, 0.3) is 0 Å². The maximum atomic E-state index is 13.9. The second kappa shape index (κ2) is 6.08. The van der Waals surface area contributed by atoms with Crippen LogP contribution in [0.1, 0.15) is 33.1 Å². The molecule has 0 radical (unpaired) electrons. The van der Waals surface area contributed by atoms with E-state index in [0.717, 1.165) is 31.4 Å². The zero-order valence-corrected chi connectivity index (χ0v) is 13.3. The summed E-state index contributed by atoms with van der Waals surface area (Å²) >= 11 is 0. The van der Waals surface area contributed by atoms with Gasteiger partial charge in [0, 0.05) is 10.7 Å². The van der Waals surface area contributed by atoms with Gasteiger partial charge in [0.25, 0.3) is 9.05 Å². The minimum absolute atomic E-state index is 0.198. The molecule has 1 aromatic rings. The Hall–Kier alpha value is -0.880. The molecule has 2 atom stereocenters. The van der Waals surface area contributed by atoms with Crippen molar-refractivity contribution < 1.29 is 21.9 Å². The summed E-state index contributed by atoms with van der Waals surface area (Å²) in [6.07, 6.45) is 2.42. The quantitative estimate of drug-likeness (QED) is 0.779. The fraction of sp³-hybridized carbons (Fsp3) is 0.571. The van der Waals surface area contributed by atoms with Gasteiger partial charge in [-0.15, -0.1) is 0 Å². The standard InChI is InChI=1S/C14H17ClF2O3S/c1-8-5-9(2)7-10(6-8)20-11-3-4-12(21(15,18)19)14(17)13(11)16/h3-4,8-10H,5-7H2,1-2H3. The third-order valence-electron chi connectivity index (χ3n) is 3.70. The number of halogens is 3. The molecule has 0 aliphatic heterocycles. The van der Waals surface area contributed by atoms with Crippen LogP contribution >= 0.6 is 10.7 Å². The van der Waals surface area contributed by atoms with E-state index in [-0.39, 0.29) is 11.9 Å². The number of benzene rings is 1. The van der Waals surface area contributed by atoms with Gasteiger partial charge < -0.3 is 4.74 Å². The maximum Gasteiger partial charge on any atom is 0.264 e. The Balaban J connectivity index is 2.24. The highest BCUT2D eigenvalue weighted by atomic mass is 35.7. The van der Waals surface area contributed by atoms with E-state index in [1.54, 1.807) is 0 Å². The van der Waals surface area contributed by atoms with Gasteiger partial charge in [0.05, 0.1) is 6.10 Å². The Kier molecular flexibility index (Phi) is 4.78. The Labute approximate surface area is 127 Å². The van der Waals surface area contributed by atoms with Crippen LogP contribution in [-0.2, 0) is 9.05 Å². The molecule has 0 amide bonds. The smallest absolute Gasteiger partial charge is 0.264 e. The van der Waals surface area contributed by atoms with Crippen LogP contribution in [0.3, 0.4) is 0 Å². The van der Waals surface area contributed by atoms with E-state index in [9.17, 15) is 17.2 Å². The number of hydrogen-bond acceptors (Lipinski definition) is 3. The van der Waals surface area contributed by atoms with Gasteiger partial charge in [-0.05, 0) is 43.2 Å². The normalized spacial score (nSPS) is 26.6. The molecule has 2 unspecified atom stereocenters. The molecule has 118 valence electrons. The number of ether oxygens (including phenoxy) is 1. The van der Waals surface area contributed by atoms with Crippen molar-refractivity contribution in [2.45, 2.75) is 44.1 Å². The molecular formula is C14H17ClF2O3S. The first-order chi connectivity index (χ1) is 9.68. The van der Waals surface area contributed by atoms with E-state index >= 15 is 0 Å². The van der Waals surface area contributed by atoms with E-state index in [4.69, 9.17) is 15.4 Å². The Bertz CT molecular complexity index is 623. The molecule has 0 saturated heterocycles. The van der Waals surface area contributed by atoms with Crippen LogP contribution in [0.2, 0.25) is 0 Å². The Morgan fingerprint density at radius 2 is 1.67 bits per heavy atom. The van der Waals surface area contributed by atoms with Gasteiger partial charge in [-0.25, -0.2) is 12.8 Å². The van der Waals surface area contributed by atoms with Gasteiger partial charge >= 0.3 is 0 Å². The maximum absolute atomic E-state index is 13.9. The highest BCUT2D eigenvalue weighted by molar-refractivity contribution is 8.13. The molecule has 1 aromatic carbocycles. The molecule has 7 heteroatoms. The van der Waals surface area contributed by atoms with Gasteiger partial charge in [-0.1, -0.05) is 13.8 Å². The largest absolute Gasteiger partial charge is 0.487 e. The molecule has 1 aliphatic rings. The number of rotatable bonds is 3. The highest BCUT2D eigenvalue weighted by Crippen LogP contribution is 2.33. The van der Waals surface area contributed by atoms with E-state index in [2.05, 4.69) is 13.8 Å². The first-order valence-electron chi connectivity index (χ1n) is 6.77. The lowest BCUT2D eigenvalue weighted by molar-refractivity contribution is 0.0960. The summed E-state index contributed by atoms with van der Waals surface area (Å²) in [5, 5.41) is 0. The lowest BCUT2D eigenvalue weighted by Crippen LogP contribution is -2.28. The molecule has 0 spiro atoms. The molecule has 1 saturated carbocycles. The Morgan fingerprint density at radius 1 is 1.10 bits per heavy atom. The average Bonchev–Trinajstić information content (AvgIpc) is 2.32. The van der Waals surface area contributed by atoms with Crippen molar-refractivity contribution in [3.63, 3.8) is 0 Å². The van der Waals surface area contributed by atoms with Crippen molar-refractivity contribution >= 4 is 19.7 Å². The molecule has 3 nitrogen and oxygen atoms in total. The molecular weight excluding hydrogens is 322 g/mol. The first-order valence-corrected chi connectivity index (χ1v) is 9.08. The second-order valence-corrected chi connectivity index (χ2v) is 8.32. The summed E-state index contributed by atoms with van der Waals surface area (Å²) < 4.78 is 55.4. The summed E-state index contributed by atoms with van der Waals surface area (Å²) in [7, 11) is 0.721. The van der Waals surface area contributed by atoms with Crippen LogP contribution in [0.15, 0.2) is 17.0 Å². The van der Waals surface area contributed by atoms with Crippen molar-refractivity contribution in [3.05, 3.63) is 23.8 Å². The fourth-order valence-electron chi connectivity index (χ4n) is 2.94. The molecule has 0 aromatic heterocycles. The third-order valence-corrected chi connectivity index (χ3v) is 5.04. The average molecular weight is 339 g/mol. The van der Waals surface area contributed by atoms with Crippen LogP contribution in [0.4, 0.5) is 8.78 Å². The van der Waals surface area contributed by atoms with Gasteiger partial charge in [0.15, 0.2) is 11.6 Å². The molecule has 1 aliphatic carbocycles. The summed E-state index contributed by atoms with van der Waals surface area (Å²) in [6, 6.07) is 2.03. The molecule has 0 N–H and O–H groups in total. The van der Waals surface area contributed by atoms with Crippen molar-refractivity contribution in [1.82, 2.24) is 0 Å². The minimum Gasteiger partial charge on any atom is -0.487 e. The van der Waals surface area contributed by atoms with Crippen LogP contribution < -0.4 is 4.74 Å². The van der Waals surface area contributed by atoms with Crippen molar-refractivity contribution in [1.29, 1.82) is 0 Å². The highest BCUT2D eigenvalue weighted by Gasteiger charge is 2.28. The SMILES string of the molecule is CC1CC(C)CC(Oc2ccc(S(=O)(=O)Cl)c(F)c2F)C1. The summed E-state index contributed by atoms with van der Waals surface area (Å²) in [4.78, 5) is -0.876. The topological polar surface area (TPSA) is 43.4 Å². The zero-order valence-electron chi connectivity index (χ0n) is 11.8. The van der Waals surface area contributed by atoms with Crippen molar-refractivity contribution in [3.8, 4) is 5.75 Å². The first kappa shape index (κ1) is 16.5. The van der Waals surface area contributed by atoms with Crippen LogP contribution in [0, 0.1) is 23.5 Å². The second-order valence-electron chi connectivity index (χ2n) is 5.78. The van der Waals surface area contributed by atoms with E-state index < -0.39 is 25.6 Å². The van der Waals surface area contributed by atoms with Gasteiger partial charge in [0.1, 0.15) is 4.90 Å².